The highest BCUT2D eigenvalue weighted by molar-refractivity contribution is 5.15. The van der Waals surface area contributed by atoms with Gasteiger partial charge >= 0.3 is 0 Å². The van der Waals surface area contributed by atoms with Crippen molar-refractivity contribution in [2.24, 2.45) is 0 Å². The summed E-state index contributed by atoms with van der Waals surface area (Å²) < 4.78 is 12.7. The minimum absolute atomic E-state index is 0.0364. The molecule has 0 aromatic heterocycles. The van der Waals surface area contributed by atoms with Crippen molar-refractivity contribution in [3.63, 3.8) is 0 Å². The van der Waals surface area contributed by atoms with Crippen LogP contribution in [0.3, 0.4) is 0 Å². The molecule has 0 aliphatic carbocycles. The zero-order chi connectivity index (χ0) is 9.80. The Morgan fingerprint density at radius 1 is 1.21 bits per heavy atom. The first kappa shape index (κ1) is 9.41. The Labute approximate surface area is 83.9 Å². The molecule has 0 amide bonds. The summed E-state index contributed by atoms with van der Waals surface area (Å²) >= 11 is 0. The van der Waals surface area contributed by atoms with Crippen molar-refractivity contribution < 1.29 is 4.39 Å². The quantitative estimate of drug-likeness (QED) is 0.694. The second kappa shape index (κ2) is 4.38. The topological polar surface area (TPSA) is 3.24 Å². The second-order valence-corrected chi connectivity index (χ2v) is 3.62. The molecule has 1 aliphatic heterocycles. The molecule has 14 heavy (non-hydrogen) atoms. The van der Waals surface area contributed by atoms with E-state index in [4.69, 9.17) is 0 Å². The van der Waals surface area contributed by atoms with Gasteiger partial charge in [0, 0.05) is 26.1 Å². The molecule has 0 radical (unpaired) electrons. The Hall–Kier alpha value is -1.15. The first-order chi connectivity index (χ1) is 6.84. The highest BCUT2D eigenvalue weighted by Gasteiger charge is 2.10. The lowest BCUT2D eigenvalue weighted by Gasteiger charge is -2.23. The molecular weight excluding hydrogens is 177 g/mol. The van der Waals surface area contributed by atoms with Crippen LogP contribution in [0.25, 0.3) is 0 Å². The van der Waals surface area contributed by atoms with Crippen LogP contribution >= 0.6 is 0 Å². The zero-order valence-corrected chi connectivity index (χ0v) is 8.12. The summed E-state index contributed by atoms with van der Waals surface area (Å²) in [5.41, 5.74) is 1.29. The zero-order valence-electron chi connectivity index (χ0n) is 8.12. The van der Waals surface area contributed by atoms with Gasteiger partial charge < -0.3 is 0 Å². The molecule has 0 N–H and O–H groups in total. The minimum Gasteiger partial charge on any atom is -0.295 e. The van der Waals surface area contributed by atoms with E-state index < -0.39 is 0 Å². The van der Waals surface area contributed by atoms with Crippen LogP contribution in [-0.2, 0) is 6.54 Å². The average molecular weight is 191 g/mol. The third kappa shape index (κ3) is 2.42. The van der Waals surface area contributed by atoms with Gasteiger partial charge in [-0.1, -0.05) is 30.3 Å². The first-order valence-electron chi connectivity index (χ1n) is 4.95. The standard InChI is InChI=1S/C12H14FN/c13-12-6-8-14(9-7-12)10-11-4-2-1-3-5-11/h1-6H,7-10H2. The van der Waals surface area contributed by atoms with E-state index in [9.17, 15) is 4.39 Å². The first-order valence-corrected chi connectivity index (χ1v) is 4.95. The molecule has 0 atom stereocenters. The molecule has 2 heteroatoms. The number of hydrogen-bond donors (Lipinski definition) is 0. The SMILES string of the molecule is FC1=CCN(Cc2ccccc2)CC1. The summed E-state index contributed by atoms with van der Waals surface area (Å²) in [5, 5.41) is 0. The van der Waals surface area contributed by atoms with Crippen LogP contribution in [0, 0.1) is 0 Å². The molecule has 0 unspecified atom stereocenters. The number of halogens is 1. The molecule has 1 heterocycles. The van der Waals surface area contributed by atoms with E-state index in [1.54, 1.807) is 6.08 Å². The predicted molar refractivity (Wildman–Crippen MR) is 55.5 cm³/mol. The third-order valence-corrected chi connectivity index (χ3v) is 2.49. The van der Waals surface area contributed by atoms with Crippen molar-refractivity contribution in [2.45, 2.75) is 13.0 Å². The Bertz CT molecular complexity index is 318. The van der Waals surface area contributed by atoms with Gasteiger partial charge in [-0.15, -0.1) is 0 Å². The van der Waals surface area contributed by atoms with Gasteiger partial charge in [0.2, 0.25) is 0 Å². The van der Waals surface area contributed by atoms with Crippen molar-refractivity contribution in [3.05, 3.63) is 47.8 Å². The summed E-state index contributed by atoms with van der Waals surface area (Å²) in [6, 6.07) is 10.3. The lowest BCUT2D eigenvalue weighted by molar-refractivity contribution is 0.272. The van der Waals surface area contributed by atoms with Crippen LogP contribution in [0.5, 0.6) is 0 Å². The van der Waals surface area contributed by atoms with Crippen molar-refractivity contribution in [3.8, 4) is 0 Å². The maximum Gasteiger partial charge on any atom is 0.0985 e. The van der Waals surface area contributed by atoms with Crippen molar-refractivity contribution >= 4 is 0 Å². The van der Waals surface area contributed by atoms with Gasteiger partial charge in [-0.05, 0) is 11.6 Å². The normalized spacial score (nSPS) is 17.9. The highest BCUT2D eigenvalue weighted by Crippen LogP contribution is 2.13. The Balaban J connectivity index is 1.93. The molecule has 1 nitrogen and oxygen atoms in total. The van der Waals surface area contributed by atoms with Crippen LogP contribution in [0.2, 0.25) is 0 Å². The predicted octanol–water partition coefficient (Wildman–Crippen LogP) is 2.75. The molecule has 1 aliphatic rings. The van der Waals surface area contributed by atoms with Crippen LogP contribution in [0.15, 0.2) is 42.2 Å². The van der Waals surface area contributed by atoms with Gasteiger partial charge in [0.1, 0.15) is 0 Å². The van der Waals surface area contributed by atoms with Crippen LogP contribution in [-0.4, -0.2) is 18.0 Å². The van der Waals surface area contributed by atoms with E-state index in [2.05, 4.69) is 17.0 Å². The van der Waals surface area contributed by atoms with Crippen LogP contribution < -0.4 is 0 Å². The van der Waals surface area contributed by atoms with E-state index in [0.29, 0.717) is 6.42 Å². The molecule has 2 rings (SSSR count). The molecule has 0 bridgehead atoms. The van der Waals surface area contributed by atoms with Crippen LogP contribution in [0.1, 0.15) is 12.0 Å². The van der Waals surface area contributed by atoms with E-state index >= 15 is 0 Å². The molecule has 1 aromatic carbocycles. The Kier molecular flexibility index (Phi) is 2.94. The van der Waals surface area contributed by atoms with E-state index in [-0.39, 0.29) is 5.83 Å². The van der Waals surface area contributed by atoms with E-state index in [0.717, 1.165) is 19.6 Å². The summed E-state index contributed by atoms with van der Waals surface area (Å²) in [4.78, 5) is 2.25. The summed E-state index contributed by atoms with van der Waals surface area (Å²) in [5.74, 6) is 0.0364. The summed E-state index contributed by atoms with van der Waals surface area (Å²) in [7, 11) is 0. The fourth-order valence-corrected chi connectivity index (χ4v) is 1.67. The van der Waals surface area contributed by atoms with Crippen molar-refractivity contribution in [1.29, 1.82) is 0 Å². The Morgan fingerprint density at radius 3 is 2.64 bits per heavy atom. The van der Waals surface area contributed by atoms with E-state index in [1.165, 1.54) is 5.56 Å². The molecule has 0 saturated heterocycles. The van der Waals surface area contributed by atoms with Gasteiger partial charge in [-0.3, -0.25) is 4.90 Å². The second-order valence-electron chi connectivity index (χ2n) is 3.62. The maximum absolute atomic E-state index is 12.7. The molecule has 0 fully saturated rings. The number of benzene rings is 1. The average Bonchev–Trinajstić information content (AvgIpc) is 2.23. The lowest BCUT2D eigenvalue weighted by atomic mass is 10.2. The summed E-state index contributed by atoms with van der Waals surface area (Å²) in [6.07, 6.45) is 2.24. The van der Waals surface area contributed by atoms with Gasteiger partial charge in [0.15, 0.2) is 0 Å². The number of rotatable bonds is 2. The van der Waals surface area contributed by atoms with Gasteiger partial charge in [-0.2, -0.15) is 0 Å². The molecule has 74 valence electrons. The van der Waals surface area contributed by atoms with Crippen LogP contribution in [0.4, 0.5) is 4.39 Å². The number of hydrogen-bond acceptors (Lipinski definition) is 1. The van der Waals surface area contributed by atoms with Gasteiger partial charge in [0.05, 0.1) is 5.83 Å². The molecule has 1 aromatic rings. The fourth-order valence-electron chi connectivity index (χ4n) is 1.67. The van der Waals surface area contributed by atoms with Gasteiger partial charge in [-0.25, -0.2) is 4.39 Å². The largest absolute Gasteiger partial charge is 0.295 e. The highest BCUT2D eigenvalue weighted by atomic mass is 19.1. The number of nitrogens with zero attached hydrogens (tertiary/aromatic N) is 1. The molecule has 0 spiro atoms. The van der Waals surface area contributed by atoms with E-state index in [1.807, 2.05) is 18.2 Å². The molecular formula is C12H14FN. The monoisotopic (exact) mass is 191 g/mol. The third-order valence-electron chi connectivity index (χ3n) is 2.49. The summed E-state index contributed by atoms with van der Waals surface area (Å²) in [6.45, 7) is 2.49. The van der Waals surface area contributed by atoms with Crippen molar-refractivity contribution in [2.75, 3.05) is 13.1 Å². The lowest BCUT2D eigenvalue weighted by Crippen LogP contribution is -2.27. The fraction of sp³-hybridized carbons (Fsp3) is 0.333. The van der Waals surface area contributed by atoms with Gasteiger partial charge in [0.25, 0.3) is 0 Å². The van der Waals surface area contributed by atoms with Crippen molar-refractivity contribution in [1.82, 2.24) is 4.90 Å². The maximum atomic E-state index is 12.7. The Morgan fingerprint density at radius 2 is 2.00 bits per heavy atom. The minimum atomic E-state index is 0.0364. The smallest absolute Gasteiger partial charge is 0.0985 e. The molecule has 0 saturated carbocycles.